The zero-order valence-corrected chi connectivity index (χ0v) is 28.7. The number of carbonyl (C=O) groups excluding carboxylic acids is 4. The first-order chi connectivity index (χ1) is 22.1. The Kier molecular flexibility index (Phi) is 12.3. The maximum atomic E-state index is 13.0. The maximum Gasteiger partial charge on any atom is 0.404 e. The van der Waals surface area contributed by atoms with Crippen LogP contribution in [-0.2, 0) is 38.1 Å². The molecule has 4 aliphatic rings. The van der Waals surface area contributed by atoms with Gasteiger partial charge in [-0.1, -0.05) is 20.8 Å². The average molecular weight is 701 g/mol. The molecule has 0 N–H and O–H groups in total. The molecule has 4 fully saturated rings. The van der Waals surface area contributed by atoms with Crippen molar-refractivity contribution in [3.8, 4) is 0 Å². The highest BCUT2D eigenvalue weighted by Gasteiger charge is 2.58. The normalized spacial score (nSPS) is 31.6. The number of carbonyl (C=O) groups is 4. The van der Waals surface area contributed by atoms with Crippen molar-refractivity contribution in [1.82, 2.24) is 0 Å². The van der Waals surface area contributed by atoms with Crippen LogP contribution in [0.1, 0.15) is 119 Å². The predicted octanol–water partition coefficient (Wildman–Crippen LogP) is 8.04. The highest BCUT2D eigenvalue weighted by Crippen LogP contribution is 2.54. The number of ether oxygens (including phenoxy) is 4. The van der Waals surface area contributed by atoms with Crippen LogP contribution in [0.25, 0.3) is 0 Å². The van der Waals surface area contributed by atoms with E-state index in [1.54, 1.807) is 0 Å². The first-order valence-corrected chi connectivity index (χ1v) is 17.0. The fraction of sp³-hybridized carbons (Fsp3) is 0.882. The minimum Gasteiger partial charge on any atom is -0.464 e. The number of esters is 4. The van der Waals surface area contributed by atoms with Crippen LogP contribution in [0.15, 0.2) is 0 Å². The van der Waals surface area contributed by atoms with E-state index in [-0.39, 0.29) is 6.42 Å². The molecule has 0 heterocycles. The second-order valence-corrected chi connectivity index (χ2v) is 14.7. The Morgan fingerprint density at radius 1 is 0.688 bits per heavy atom. The summed E-state index contributed by atoms with van der Waals surface area (Å²) in [6.07, 6.45) is -1.67. The number of alkyl halides is 6. The van der Waals surface area contributed by atoms with Gasteiger partial charge in [-0.2, -0.15) is 26.3 Å². The minimum atomic E-state index is -4.72. The molecule has 276 valence electrons. The molecule has 4 aliphatic carbocycles. The van der Waals surface area contributed by atoms with Crippen molar-refractivity contribution in [3.63, 3.8) is 0 Å². The fourth-order valence-corrected chi connectivity index (χ4v) is 7.86. The van der Waals surface area contributed by atoms with Crippen molar-refractivity contribution < 1.29 is 64.5 Å². The van der Waals surface area contributed by atoms with Gasteiger partial charge in [0, 0.05) is 0 Å². The van der Waals surface area contributed by atoms with Gasteiger partial charge in [-0.3, -0.25) is 14.4 Å². The topological polar surface area (TPSA) is 105 Å². The van der Waals surface area contributed by atoms with E-state index in [0.29, 0.717) is 23.7 Å². The number of hydrogen-bond acceptors (Lipinski definition) is 8. The minimum absolute atomic E-state index is 0.220. The smallest absolute Gasteiger partial charge is 0.404 e. The molecule has 0 aromatic heterocycles. The van der Waals surface area contributed by atoms with Crippen molar-refractivity contribution in [2.75, 3.05) is 13.2 Å². The molecule has 8 nitrogen and oxygen atoms in total. The van der Waals surface area contributed by atoms with Gasteiger partial charge in [0.05, 0.1) is 6.42 Å². The van der Waals surface area contributed by atoms with Crippen LogP contribution in [-0.4, -0.2) is 60.6 Å². The van der Waals surface area contributed by atoms with Gasteiger partial charge in [-0.25, -0.2) is 4.79 Å². The Bertz CT molecular complexity index is 1190. The molecule has 8 unspecified atom stereocenters. The molecule has 0 aromatic rings. The Morgan fingerprint density at radius 3 is 1.58 bits per heavy atom. The lowest BCUT2D eigenvalue weighted by atomic mass is 9.82. The lowest BCUT2D eigenvalue weighted by Gasteiger charge is -2.36. The standard InChI is InChI=1S/C18H27F3O4.C16H23F3O4/c1-4-16(3,18(19,20)21)15(23)24-9-8-14(22)25-17(5-2)11-12-6-7-13(17)10-12;1-4-14(2,16(17,18)19)13(21)22-9-12(20)23-15(3)8-10-5-6-11(15)7-10/h12-13H,4-11H2,1-3H3;10-11H,4-9H2,1-3H3. The highest BCUT2D eigenvalue weighted by atomic mass is 19.4. The number of fused-ring (bicyclic) bond motifs is 4. The van der Waals surface area contributed by atoms with E-state index in [1.807, 2.05) is 13.8 Å². The van der Waals surface area contributed by atoms with Crippen LogP contribution >= 0.6 is 0 Å². The average Bonchev–Trinajstić information content (AvgIpc) is 3.80. The quantitative estimate of drug-likeness (QED) is 0.115. The van der Waals surface area contributed by atoms with Gasteiger partial charge in [0.15, 0.2) is 17.4 Å². The lowest BCUT2D eigenvalue weighted by molar-refractivity contribution is -0.232. The molecular formula is C34H50F6O8. The summed E-state index contributed by atoms with van der Waals surface area (Å²) in [5, 5.41) is 0. The van der Waals surface area contributed by atoms with E-state index in [1.165, 1.54) is 20.3 Å². The largest absolute Gasteiger partial charge is 0.464 e. The van der Waals surface area contributed by atoms with E-state index in [9.17, 15) is 45.5 Å². The molecule has 48 heavy (non-hydrogen) atoms. The summed E-state index contributed by atoms with van der Waals surface area (Å²) < 4.78 is 98.3. The monoisotopic (exact) mass is 700 g/mol. The Morgan fingerprint density at radius 2 is 1.19 bits per heavy atom. The fourth-order valence-electron chi connectivity index (χ4n) is 7.86. The Balaban J connectivity index is 0.000000261. The molecule has 4 saturated carbocycles. The molecule has 4 bridgehead atoms. The number of hydrogen-bond donors (Lipinski definition) is 0. The Hall–Kier alpha value is -2.54. The van der Waals surface area contributed by atoms with Crippen molar-refractivity contribution in [2.45, 2.75) is 142 Å². The predicted molar refractivity (Wildman–Crippen MR) is 160 cm³/mol. The lowest BCUT2D eigenvalue weighted by Crippen LogP contribution is -2.44. The second kappa shape index (κ2) is 14.7. The van der Waals surface area contributed by atoms with Gasteiger partial charge in [0.1, 0.15) is 17.8 Å². The van der Waals surface area contributed by atoms with Gasteiger partial charge in [0.2, 0.25) is 0 Å². The van der Waals surface area contributed by atoms with Gasteiger partial charge in [0.25, 0.3) is 0 Å². The highest BCUT2D eigenvalue weighted by molar-refractivity contribution is 5.81. The van der Waals surface area contributed by atoms with Crippen molar-refractivity contribution in [1.29, 1.82) is 0 Å². The first kappa shape index (κ1) is 39.9. The third kappa shape index (κ3) is 8.25. The molecule has 0 radical (unpaired) electrons. The SMILES string of the molecule is CCC(C)(C(=O)OCC(=O)OC1(C)CC2CCC1C2)C(F)(F)F.CCC1(OC(=O)CCOC(=O)C(C)(CC)C(F)(F)F)CC2CCC1C2. The van der Waals surface area contributed by atoms with E-state index < -0.39 is 84.3 Å². The van der Waals surface area contributed by atoms with Crippen LogP contribution in [0, 0.1) is 34.5 Å². The van der Waals surface area contributed by atoms with Gasteiger partial charge in [-0.05, 0) is 115 Å². The third-order valence-corrected chi connectivity index (χ3v) is 11.7. The third-order valence-electron chi connectivity index (χ3n) is 11.7. The van der Waals surface area contributed by atoms with E-state index >= 15 is 0 Å². The van der Waals surface area contributed by atoms with E-state index in [0.717, 1.165) is 65.2 Å². The Labute approximate surface area is 278 Å². The van der Waals surface area contributed by atoms with Gasteiger partial charge >= 0.3 is 36.2 Å². The molecule has 4 rings (SSSR count). The van der Waals surface area contributed by atoms with Crippen LogP contribution < -0.4 is 0 Å². The van der Waals surface area contributed by atoms with Gasteiger partial charge in [-0.15, -0.1) is 0 Å². The van der Waals surface area contributed by atoms with Gasteiger partial charge < -0.3 is 18.9 Å². The molecule has 0 spiro atoms. The van der Waals surface area contributed by atoms with Crippen LogP contribution in [0.4, 0.5) is 26.3 Å². The zero-order chi connectivity index (χ0) is 36.3. The number of rotatable bonds is 12. The van der Waals surface area contributed by atoms with Crippen molar-refractivity contribution >= 4 is 23.9 Å². The summed E-state index contributed by atoms with van der Waals surface area (Å²) >= 11 is 0. The van der Waals surface area contributed by atoms with Crippen LogP contribution in [0.2, 0.25) is 0 Å². The van der Waals surface area contributed by atoms with Crippen molar-refractivity contribution in [2.24, 2.45) is 34.5 Å². The maximum absolute atomic E-state index is 13.0. The van der Waals surface area contributed by atoms with E-state index in [4.69, 9.17) is 14.2 Å². The van der Waals surface area contributed by atoms with Crippen LogP contribution in [0.3, 0.4) is 0 Å². The molecule has 8 atom stereocenters. The summed E-state index contributed by atoms with van der Waals surface area (Å²) in [4.78, 5) is 47.5. The van der Waals surface area contributed by atoms with E-state index in [2.05, 4.69) is 4.74 Å². The summed E-state index contributed by atoms with van der Waals surface area (Å²) in [6.45, 7) is 6.79. The van der Waals surface area contributed by atoms with Crippen LogP contribution in [0.5, 0.6) is 0 Å². The zero-order valence-electron chi connectivity index (χ0n) is 28.7. The first-order valence-electron chi connectivity index (χ1n) is 17.0. The van der Waals surface area contributed by atoms with Crippen molar-refractivity contribution in [3.05, 3.63) is 0 Å². The molecule has 0 aromatic carbocycles. The molecule has 14 heteroatoms. The summed E-state index contributed by atoms with van der Waals surface area (Å²) in [5.74, 6) is -2.25. The molecule has 0 amide bonds. The summed E-state index contributed by atoms with van der Waals surface area (Å²) in [7, 11) is 0. The second-order valence-electron chi connectivity index (χ2n) is 14.7. The number of halogens is 6. The molecule has 0 saturated heterocycles. The molecular weight excluding hydrogens is 650 g/mol. The molecule has 0 aliphatic heterocycles. The summed E-state index contributed by atoms with van der Waals surface area (Å²) in [5.41, 5.74) is -6.17. The summed E-state index contributed by atoms with van der Waals surface area (Å²) in [6, 6.07) is 0.